The summed E-state index contributed by atoms with van der Waals surface area (Å²) in [5.74, 6) is 0.839. The third kappa shape index (κ3) is 2.63. The van der Waals surface area contributed by atoms with Crippen molar-refractivity contribution in [3.05, 3.63) is 46.1 Å². The summed E-state index contributed by atoms with van der Waals surface area (Å²) < 4.78 is 1.74. The SMILES string of the molecule is Cc1nn(C)c(N(C)Cc2ccccc2Cl)c1C(=N)N. The van der Waals surface area contributed by atoms with E-state index < -0.39 is 0 Å². The van der Waals surface area contributed by atoms with Crippen molar-refractivity contribution in [3.63, 3.8) is 0 Å². The molecule has 1 aromatic carbocycles. The molecule has 0 unspecified atom stereocenters. The second-order valence-corrected chi connectivity index (χ2v) is 5.18. The maximum Gasteiger partial charge on any atom is 0.137 e. The minimum atomic E-state index is 0.0246. The summed E-state index contributed by atoms with van der Waals surface area (Å²) in [6, 6.07) is 7.71. The summed E-state index contributed by atoms with van der Waals surface area (Å²) >= 11 is 6.19. The number of amidine groups is 1. The molecule has 0 fully saturated rings. The number of hydrogen-bond donors (Lipinski definition) is 2. The van der Waals surface area contributed by atoms with Crippen LogP contribution in [0.15, 0.2) is 24.3 Å². The lowest BCUT2D eigenvalue weighted by Gasteiger charge is -2.21. The number of anilines is 1. The largest absolute Gasteiger partial charge is 0.384 e. The van der Waals surface area contributed by atoms with Gasteiger partial charge in [-0.3, -0.25) is 10.1 Å². The smallest absolute Gasteiger partial charge is 0.137 e. The molecule has 3 N–H and O–H groups in total. The van der Waals surface area contributed by atoms with Crippen molar-refractivity contribution in [1.82, 2.24) is 9.78 Å². The maximum absolute atomic E-state index is 7.72. The number of benzene rings is 1. The van der Waals surface area contributed by atoms with E-state index in [1.807, 2.05) is 50.2 Å². The van der Waals surface area contributed by atoms with Crippen molar-refractivity contribution in [2.45, 2.75) is 13.5 Å². The summed E-state index contributed by atoms with van der Waals surface area (Å²) in [5, 5.41) is 12.8. The van der Waals surface area contributed by atoms with Crippen LogP contribution in [0.3, 0.4) is 0 Å². The first-order valence-electron chi connectivity index (χ1n) is 6.24. The summed E-state index contributed by atoms with van der Waals surface area (Å²) in [7, 11) is 3.78. The Labute approximate surface area is 123 Å². The topological polar surface area (TPSA) is 70.9 Å². The highest BCUT2D eigenvalue weighted by Crippen LogP contribution is 2.25. The first kappa shape index (κ1) is 14.4. The first-order valence-corrected chi connectivity index (χ1v) is 6.62. The van der Waals surface area contributed by atoms with Gasteiger partial charge in [0.1, 0.15) is 11.7 Å². The van der Waals surface area contributed by atoms with Gasteiger partial charge in [0.2, 0.25) is 0 Å². The average molecular weight is 292 g/mol. The zero-order chi connectivity index (χ0) is 14.9. The minimum absolute atomic E-state index is 0.0246. The molecular weight excluding hydrogens is 274 g/mol. The summed E-state index contributed by atoms with van der Waals surface area (Å²) in [6.45, 7) is 2.47. The monoisotopic (exact) mass is 291 g/mol. The average Bonchev–Trinajstić information content (AvgIpc) is 2.67. The highest BCUT2D eigenvalue weighted by atomic mass is 35.5. The third-order valence-corrected chi connectivity index (χ3v) is 3.56. The number of hydrogen-bond acceptors (Lipinski definition) is 3. The van der Waals surface area contributed by atoms with Gasteiger partial charge in [-0.05, 0) is 18.6 Å². The lowest BCUT2D eigenvalue weighted by atomic mass is 10.2. The van der Waals surface area contributed by atoms with E-state index in [0.29, 0.717) is 12.1 Å². The Morgan fingerprint density at radius 3 is 2.70 bits per heavy atom. The van der Waals surface area contributed by atoms with Crippen molar-refractivity contribution >= 4 is 23.3 Å². The predicted octanol–water partition coefficient (Wildman–Crippen LogP) is 2.30. The zero-order valence-electron chi connectivity index (χ0n) is 11.8. The molecule has 0 saturated carbocycles. The molecule has 1 aromatic heterocycles. The van der Waals surface area contributed by atoms with Crippen molar-refractivity contribution in [3.8, 4) is 0 Å². The lowest BCUT2D eigenvalue weighted by molar-refractivity contribution is 0.726. The van der Waals surface area contributed by atoms with Gasteiger partial charge in [0.25, 0.3) is 0 Å². The van der Waals surface area contributed by atoms with Gasteiger partial charge < -0.3 is 10.6 Å². The van der Waals surface area contributed by atoms with Gasteiger partial charge in [-0.15, -0.1) is 0 Å². The molecule has 6 heteroatoms. The van der Waals surface area contributed by atoms with E-state index in [-0.39, 0.29) is 5.84 Å². The molecule has 5 nitrogen and oxygen atoms in total. The van der Waals surface area contributed by atoms with E-state index in [0.717, 1.165) is 22.1 Å². The van der Waals surface area contributed by atoms with Crippen LogP contribution in [-0.2, 0) is 13.6 Å². The molecule has 2 rings (SSSR count). The van der Waals surface area contributed by atoms with E-state index in [9.17, 15) is 0 Å². The van der Waals surface area contributed by atoms with Crippen LogP contribution in [0.2, 0.25) is 5.02 Å². The van der Waals surface area contributed by atoms with Crippen LogP contribution in [0.4, 0.5) is 5.82 Å². The second-order valence-electron chi connectivity index (χ2n) is 4.77. The predicted molar refractivity (Wildman–Crippen MR) is 82.5 cm³/mol. The van der Waals surface area contributed by atoms with Crippen LogP contribution < -0.4 is 10.6 Å². The fraction of sp³-hybridized carbons (Fsp3) is 0.286. The van der Waals surface area contributed by atoms with E-state index in [1.165, 1.54) is 0 Å². The first-order chi connectivity index (χ1) is 9.41. The third-order valence-electron chi connectivity index (χ3n) is 3.19. The molecule has 0 radical (unpaired) electrons. The highest BCUT2D eigenvalue weighted by Gasteiger charge is 2.19. The van der Waals surface area contributed by atoms with Crippen molar-refractivity contribution < 1.29 is 0 Å². The Kier molecular flexibility index (Phi) is 3.99. The second kappa shape index (κ2) is 5.54. The van der Waals surface area contributed by atoms with Crippen LogP contribution in [-0.4, -0.2) is 22.7 Å². The quantitative estimate of drug-likeness (QED) is 0.671. The van der Waals surface area contributed by atoms with E-state index in [1.54, 1.807) is 4.68 Å². The van der Waals surface area contributed by atoms with Gasteiger partial charge in [0.15, 0.2) is 0 Å². The highest BCUT2D eigenvalue weighted by molar-refractivity contribution is 6.31. The van der Waals surface area contributed by atoms with Crippen LogP contribution in [0.1, 0.15) is 16.8 Å². The van der Waals surface area contributed by atoms with Crippen LogP contribution >= 0.6 is 11.6 Å². The molecule has 0 aliphatic heterocycles. The molecule has 0 aliphatic carbocycles. The maximum atomic E-state index is 7.72. The number of nitrogens with one attached hydrogen (secondary N) is 1. The number of nitrogen functional groups attached to an aromatic ring is 1. The number of rotatable bonds is 4. The Morgan fingerprint density at radius 2 is 2.10 bits per heavy atom. The number of nitrogens with zero attached hydrogens (tertiary/aromatic N) is 3. The number of aryl methyl sites for hydroxylation is 2. The van der Waals surface area contributed by atoms with Gasteiger partial charge in [-0.1, -0.05) is 29.8 Å². The van der Waals surface area contributed by atoms with Crippen LogP contribution in [0.25, 0.3) is 0 Å². The summed E-state index contributed by atoms with van der Waals surface area (Å²) in [5.41, 5.74) is 8.11. The lowest BCUT2D eigenvalue weighted by Crippen LogP contribution is -2.24. The van der Waals surface area contributed by atoms with Crippen molar-refractivity contribution in [2.24, 2.45) is 12.8 Å². The van der Waals surface area contributed by atoms with Crippen LogP contribution in [0, 0.1) is 12.3 Å². The number of nitrogens with two attached hydrogens (primary N) is 1. The van der Waals surface area contributed by atoms with Gasteiger partial charge in [0, 0.05) is 25.7 Å². The van der Waals surface area contributed by atoms with Crippen molar-refractivity contribution in [2.75, 3.05) is 11.9 Å². The fourth-order valence-corrected chi connectivity index (χ4v) is 2.55. The molecule has 1 heterocycles. The van der Waals surface area contributed by atoms with Gasteiger partial charge in [-0.25, -0.2) is 0 Å². The van der Waals surface area contributed by atoms with E-state index >= 15 is 0 Å². The molecule has 0 bridgehead atoms. The molecule has 2 aromatic rings. The number of halogens is 1. The molecule has 0 amide bonds. The van der Waals surface area contributed by atoms with Crippen molar-refractivity contribution in [1.29, 1.82) is 5.41 Å². The summed E-state index contributed by atoms with van der Waals surface area (Å²) in [6.07, 6.45) is 0. The molecular formula is C14H18ClN5. The molecule has 20 heavy (non-hydrogen) atoms. The molecule has 106 valence electrons. The van der Waals surface area contributed by atoms with Crippen LogP contribution in [0.5, 0.6) is 0 Å². The Morgan fingerprint density at radius 1 is 1.45 bits per heavy atom. The Hall–Kier alpha value is -2.01. The minimum Gasteiger partial charge on any atom is -0.384 e. The van der Waals surface area contributed by atoms with E-state index in [2.05, 4.69) is 5.10 Å². The normalized spacial score (nSPS) is 10.6. The number of aromatic nitrogens is 2. The van der Waals surface area contributed by atoms with Gasteiger partial charge in [-0.2, -0.15) is 5.10 Å². The molecule has 0 spiro atoms. The Balaban J connectivity index is 2.37. The van der Waals surface area contributed by atoms with Gasteiger partial charge in [0.05, 0.1) is 11.3 Å². The summed E-state index contributed by atoms with van der Waals surface area (Å²) in [4.78, 5) is 2.00. The zero-order valence-corrected chi connectivity index (χ0v) is 12.6. The molecule has 0 atom stereocenters. The standard InChI is InChI=1S/C14H18ClN5/c1-9-12(13(16)17)14(20(3)18-9)19(2)8-10-6-4-5-7-11(10)15/h4-7H,8H2,1-3H3,(H3,16,17). The molecule has 0 saturated heterocycles. The Bertz CT molecular complexity index is 647. The van der Waals surface area contributed by atoms with Gasteiger partial charge >= 0.3 is 0 Å². The molecule has 0 aliphatic rings. The van der Waals surface area contributed by atoms with E-state index in [4.69, 9.17) is 22.7 Å². The fourth-order valence-electron chi connectivity index (χ4n) is 2.36.